The second kappa shape index (κ2) is 7.13. The standard InChI is InChI=1S/C18H13ClF2N2O3/c1-26-18(25)14-16(22-8-9-5-10(20)7-11(21)6-9)12-3-2-4-13(19)15(12)23-17(14)24/h2-7H,8H2,1H3,(H2,22,23,24). The lowest BCUT2D eigenvalue weighted by Gasteiger charge is -2.14. The molecular weight excluding hydrogens is 366 g/mol. The summed E-state index contributed by atoms with van der Waals surface area (Å²) < 4.78 is 31.4. The van der Waals surface area contributed by atoms with Crippen LogP contribution in [0.15, 0.2) is 41.2 Å². The Balaban J connectivity index is 2.14. The zero-order valence-corrected chi connectivity index (χ0v) is 14.3. The minimum Gasteiger partial charge on any atom is -0.465 e. The van der Waals surface area contributed by atoms with E-state index in [1.807, 2.05) is 0 Å². The highest BCUT2D eigenvalue weighted by Crippen LogP contribution is 2.29. The molecule has 0 spiro atoms. The molecule has 0 unspecified atom stereocenters. The lowest BCUT2D eigenvalue weighted by atomic mass is 10.1. The van der Waals surface area contributed by atoms with Crippen molar-refractivity contribution in [1.29, 1.82) is 0 Å². The first-order valence-electron chi connectivity index (χ1n) is 7.52. The number of pyridine rings is 1. The monoisotopic (exact) mass is 378 g/mol. The fourth-order valence-electron chi connectivity index (χ4n) is 2.67. The maximum absolute atomic E-state index is 13.4. The molecule has 2 N–H and O–H groups in total. The number of anilines is 1. The molecule has 0 amide bonds. The normalized spacial score (nSPS) is 10.8. The van der Waals surface area contributed by atoms with E-state index in [4.69, 9.17) is 11.6 Å². The van der Waals surface area contributed by atoms with Crippen molar-refractivity contribution in [1.82, 2.24) is 4.98 Å². The maximum Gasteiger partial charge on any atom is 0.345 e. The number of carbonyl (C=O) groups excluding carboxylic acids is 1. The Labute approximate surface area is 151 Å². The van der Waals surface area contributed by atoms with Crippen molar-refractivity contribution in [2.45, 2.75) is 6.54 Å². The van der Waals surface area contributed by atoms with Gasteiger partial charge in [-0.1, -0.05) is 23.7 Å². The van der Waals surface area contributed by atoms with Gasteiger partial charge in [0.25, 0.3) is 5.56 Å². The van der Waals surface area contributed by atoms with Crippen LogP contribution in [0.25, 0.3) is 10.9 Å². The molecule has 3 aromatic rings. The first-order valence-corrected chi connectivity index (χ1v) is 7.90. The molecule has 0 fully saturated rings. The molecule has 8 heteroatoms. The van der Waals surface area contributed by atoms with Gasteiger partial charge in [0, 0.05) is 18.0 Å². The largest absolute Gasteiger partial charge is 0.465 e. The molecule has 0 bridgehead atoms. The van der Waals surface area contributed by atoms with Crippen LogP contribution < -0.4 is 10.9 Å². The van der Waals surface area contributed by atoms with Gasteiger partial charge in [-0.05, 0) is 23.8 Å². The second-order valence-corrected chi connectivity index (χ2v) is 5.90. The molecule has 26 heavy (non-hydrogen) atoms. The molecule has 0 atom stereocenters. The van der Waals surface area contributed by atoms with E-state index in [-0.39, 0.29) is 22.8 Å². The van der Waals surface area contributed by atoms with Crippen LogP contribution in [0.1, 0.15) is 15.9 Å². The number of hydrogen-bond acceptors (Lipinski definition) is 4. The Morgan fingerprint density at radius 2 is 1.92 bits per heavy atom. The van der Waals surface area contributed by atoms with Crippen LogP contribution in [-0.2, 0) is 11.3 Å². The molecule has 0 saturated heterocycles. The molecule has 0 saturated carbocycles. The van der Waals surface area contributed by atoms with E-state index in [0.717, 1.165) is 25.3 Å². The number of aromatic amines is 1. The van der Waals surface area contributed by atoms with Crippen LogP contribution in [0.3, 0.4) is 0 Å². The first-order chi connectivity index (χ1) is 12.4. The van der Waals surface area contributed by atoms with Gasteiger partial charge in [0.15, 0.2) is 0 Å². The van der Waals surface area contributed by atoms with Crippen LogP contribution in [0, 0.1) is 11.6 Å². The molecular formula is C18H13ClF2N2O3. The van der Waals surface area contributed by atoms with Gasteiger partial charge in [-0.3, -0.25) is 4.79 Å². The molecule has 3 rings (SSSR count). The van der Waals surface area contributed by atoms with Crippen LogP contribution in [0.5, 0.6) is 0 Å². The van der Waals surface area contributed by atoms with Gasteiger partial charge in [0.1, 0.15) is 17.2 Å². The lowest BCUT2D eigenvalue weighted by molar-refractivity contribution is 0.0600. The van der Waals surface area contributed by atoms with Crippen molar-refractivity contribution in [2.75, 3.05) is 12.4 Å². The smallest absolute Gasteiger partial charge is 0.345 e. The van der Waals surface area contributed by atoms with Gasteiger partial charge in [-0.15, -0.1) is 0 Å². The van der Waals surface area contributed by atoms with Gasteiger partial charge in [0.05, 0.1) is 23.3 Å². The van der Waals surface area contributed by atoms with Crippen LogP contribution >= 0.6 is 11.6 Å². The van der Waals surface area contributed by atoms with Crippen molar-refractivity contribution in [3.8, 4) is 0 Å². The number of esters is 1. The highest BCUT2D eigenvalue weighted by molar-refractivity contribution is 6.35. The molecule has 0 aliphatic heterocycles. The minimum absolute atomic E-state index is 0.0241. The van der Waals surface area contributed by atoms with Crippen molar-refractivity contribution >= 4 is 34.2 Å². The van der Waals surface area contributed by atoms with E-state index in [1.165, 1.54) is 0 Å². The van der Waals surface area contributed by atoms with Gasteiger partial charge in [-0.25, -0.2) is 13.6 Å². The number of methoxy groups -OCH3 is 1. The molecule has 0 aliphatic rings. The zero-order chi connectivity index (χ0) is 18.8. The Morgan fingerprint density at radius 1 is 1.23 bits per heavy atom. The molecule has 1 heterocycles. The molecule has 0 aliphatic carbocycles. The summed E-state index contributed by atoms with van der Waals surface area (Å²) in [7, 11) is 1.15. The number of hydrogen-bond donors (Lipinski definition) is 2. The van der Waals surface area contributed by atoms with Crippen LogP contribution in [-0.4, -0.2) is 18.1 Å². The quantitative estimate of drug-likeness (QED) is 0.676. The third-order valence-electron chi connectivity index (χ3n) is 3.78. The third kappa shape index (κ3) is 3.39. The molecule has 2 aromatic carbocycles. The third-order valence-corrected chi connectivity index (χ3v) is 4.09. The van der Waals surface area contributed by atoms with E-state index >= 15 is 0 Å². The Hall–Kier alpha value is -2.93. The molecule has 5 nitrogen and oxygen atoms in total. The maximum atomic E-state index is 13.4. The number of fused-ring (bicyclic) bond motifs is 1. The minimum atomic E-state index is -0.846. The van der Waals surface area contributed by atoms with Gasteiger partial charge in [-0.2, -0.15) is 0 Å². The Kier molecular flexibility index (Phi) is 4.90. The molecule has 134 valence electrons. The second-order valence-electron chi connectivity index (χ2n) is 5.49. The van der Waals surface area contributed by atoms with E-state index in [0.29, 0.717) is 16.5 Å². The Bertz CT molecular complexity index is 1050. The number of aromatic nitrogens is 1. The molecule has 1 aromatic heterocycles. The average Bonchev–Trinajstić information content (AvgIpc) is 2.59. The van der Waals surface area contributed by atoms with Crippen molar-refractivity contribution in [2.24, 2.45) is 0 Å². The predicted molar refractivity (Wildman–Crippen MR) is 94.6 cm³/mol. The lowest BCUT2D eigenvalue weighted by Crippen LogP contribution is -2.22. The van der Waals surface area contributed by atoms with Crippen LogP contribution in [0.4, 0.5) is 14.5 Å². The number of benzene rings is 2. The SMILES string of the molecule is COC(=O)c1c(NCc2cc(F)cc(F)c2)c2cccc(Cl)c2[nH]c1=O. The summed E-state index contributed by atoms with van der Waals surface area (Å²) >= 11 is 6.11. The summed E-state index contributed by atoms with van der Waals surface area (Å²) in [6.07, 6.45) is 0. The number of ether oxygens (including phenoxy) is 1. The van der Waals surface area contributed by atoms with Crippen LogP contribution in [0.2, 0.25) is 5.02 Å². The predicted octanol–water partition coefficient (Wildman–Crippen LogP) is 3.86. The number of para-hydroxylation sites is 1. The van der Waals surface area contributed by atoms with Gasteiger partial charge < -0.3 is 15.0 Å². The van der Waals surface area contributed by atoms with E-state index in [1.54, 1.807) is 18.2 Å². The first kappa shape index (κ1) is 17.9. The number of nitrogens with one attached hydrogen (secondary N) is 2. The van der Waals surface area contributed by atoms with E-state index < -0.39 is 23.2 Å². The van der Waals surface area contributed by atoms with Crippen molar-refractivity contribution in [3.05, 3.63) is 74.5 Å². The summed E-state index contributed by atoms with van der Waals surface area (Å²) in [5, 5.41) is 3.65. The summed E-state index contributed by atoms with van der Waals surface area (Å²) in [6, 6.07) is 7.94. The zero-order valence-electron chi connectivity index (χ0n) is 13.5. The number of carbonyl (C=O) groups is 1. The summed E-state index contributed by atoms with van der Waals surface area (Å²) in [5.41, 5.74) is -0.138. The highest BCUT2D eigenvalue weighted by Gasteiger charge is 2.21. The van der Waals surface area contributed by atoms with Gasteiger partial charge >= 0.3 is 5.97 Å². The Morgan fingerprint density at radius 3 is 2.58 bits per heavy atom. The topological polar surface area (TPSA) is 71.2 Å². The number of rotatable bonds is 4. The van der Waals surface area contributed by atoms with E-state index in [2.05, 4.69) is 15.0 Å². The van der Waals surface area contributed by atoms with Gasteiger partial charge in [0.2, 0.25) is 0 Å². The summed E-state index contributed by atoms with van der Waals surface area (Å²) in [6.45, 7) is -0.0241. The highest BCUT2D eigenvalue weighted by atomic mass is 35.5. The summed E-state index contributed by atoms with van der Waals surface area (Å²) in [5.74, 6) is -2.30. The molecule has 0 radical (unpaired) electrons. The van der Waals surface area contributed by atoms with Crippen molar-refractivity contribution < 1.29 is 18.3 Å². The number of H-pyrrole nitrogens is 1. The fraction of sp³-hybridized carbons (Fsp3) is 0.111. The van der Waals surface area contributed by atoms with Crippen molar-refractivity contribution in [3.63, 3.8) is 0 Å². The summed E-state index contributed by atoms with van der Waals surface area (Å²) in [4.78, 5) is 27.0. The fourth-order valence-corrected chi connectivity index (χ4v) is 2.89. The van der Waals surface area contributed by atoms with E-state index in [9.17, 15) is 18.4 Å². The number of halogens is 3. The average molecular weight is 379 g/mol.